The molecule has 1 aromatic rings. The molecule has 3 N–H and O–H groups in total. The zero-order valence-electron chi connectivity index (χ0n) is 12.3. The first-order chi connectivity index (χ1) is 9.49. The molecule has 1 aromatic carbocycles. The number of hydrogen-bond donors (Lipinski definition) is 2. The fourth-order valence-electron chi connectivity index (χ4n) is 2.06. The van der Waals surface area contributed by atoms with E-state index in [0.29, 0.717) is 23.6 Å². The molecule has 0 spiro atoms. The highest BCUT2D eigenvalue weighted by atomic mass is 35.5. The van der Waals surface area contributed by atoms with Gasteiger partial charge in [-0.2, -0.15) is 0 Å². The summed E-state index contributed by atoms with van der Waals surface area (Å²) in [7, 11) is 3.37. The van der Waals surface area contributed by atoms with E-state index in [1.54, 1.807) is 38.4 Å². The van der Waals surface area contributed by atoms with Crippen molar-refractivity contribution >= 4 is 24.2 Å². The van der Waals surface area contributed by atoms with Crippen molar-refractivity contribution in [3.8, 4) is 0 Å². The highest BCUT2D eigenvalue weighted by Crippen LogP contribution is 2.31. The van der Waals surface area contributed by atoms with E-state index in [4.69, 9.17) is 5.73 Å². The summed E-state index contributed by atoms with van der Waals surface area (Å²) in [6.07, 6.45) is 2.31. The Bertz CT molecular complexity index is 515. The largest absolute Gasteiger partial charge is 0.350 e. The molecule has 6 heteroatoms. The number of nitrogens with two attached hydrogens (primary N) is 1. The second kappa shape index (κ2) is 7.43. The van der Waals surface area contributed by atoms with Crippen molar-refractivity contribution in [2.45, 2.75) is 18.9 Å². The van der Waals surface area contributed by atoms with Crippen LogP contribution in [0.5, 0.6) is 0 Å². The molecule has 5 nitrogen and oxygen atoms in total. The molecule has 0 heterocycles. The average Bonchev–Trinajstić information content (AvgIpc) is 3.28. The van der Waals surface area contributed by atoms with Crippen molar-refractivity contribution < 1.29 is 9.59 Å². The quantitative estimate of drug-likeness (QED) is 0.860. The summed E-state index contributed by atoms with van der Waals surface area (Å²) in [5.41, 5.74) is 6.94. The molecular weight excluding hydrogens is 290 g/mol. The van der Waals surface area contributed by atoms with E-state index in [2.05, 4.69) is 5.32 Å². The van der Waals surface area contributed by atoms with Crippen LogP contribution in [0.25, 0.3) is 0 Å². The van der Waals surface area contributed by atoms with Crippen LogP contribution in [0.4, 0.5) is 0 Å². The number of nitrogens with zero attached hydrogens (tertiary/aromatic N) is 1. The van der Waals surface area contributed by atoms with Crippen LogP contribution < -0.4 is 11.1 Å². The Morgan fingerprint density at radius 3 is 2.52 bits per heavy atom. The maximum absolute atomic E-state index is 12.0. The van der Waals surface area contributed by atoms with E-state index in [9.17, 15) is 9.59 Å². The number of halogens is 1. The molecule has 2 rings (SSSR count). The molecule has 2 amide bonds. The lowest BCUT2D eigenvalue weighted by Crippen LogP contribution is -2.38. The molecule has 0 aromatic heterocycles. The average molecular weight is 312 g/mol. The SMILES string of the molecule is CN(C)C(=O)c1cccc(C(=O)NCC(N)C2CC2)c1.Cl. The van der Waals surface area contributed by atoms with Crippen molar-refractivity contribution in [3.05, 3.63) is 35.4 Å². The van der Waals surface area contributed by atoms with Gasteiger partial charge >= 0.3 is 0 Å². The molecule has 1 saturated carbocycles. The molecule has 1 aliphatic carbocycles. The lowest BCUT2D eigenvalue weighted by Gasteiger charge is -2.13. The number of benzene rings is 1. The van der Waals surface area contributed by atoms with Crippen molar-refractivity contribution in [1.29, 1.82) is 0 Å². The molecule has 0 bridgehead atoms. The highest BCUT2D eigenvalue weighted by Gasteiger charge is 2.28. The lowest BCUT2D eigenvalue weighted by molar-refractivity contribution is 0.0827. The fraction of sp³-hybridized carbons (Fsp3) is 0.467. The molecule has 1 fully saturated rings. The first kappa shape index (κ1) is 17.5. The van der Waals surface area contributed by atoms with Crippen LogP contribution in [0.1, 0.15) is 33.6 Å². The van der Waals surface area contributed by atoms with Crippen molar-refractivity contribution in [2.75, 3.05) is 20.6 Å². The Labute approximate surface area is 131 Å². The standard InChI is InChI=1S/C15H21N3O2.ClH/c1-18(2)15(20)12-5-3-4-11(8-12)14(19)17-9-13(16)10-6-7-10;/h3-5,8,10,13H,6-7,9,16H2,1-2H3,(H,17,19);1H. The summed E-state index contributed by atoms with van der Waals surface area (Å²) in [6.45, 7) is 0.482. The smallest absolute Gasteiger partial charge is 0.253 e. The van der Waals surface area contributed by atoms with Crippen LogP contribution in [0.2, 0.25) is 0 Å². The minimum atomic E-state index is -0.186. The van der Waals surface area contributed by atoms with Crippen LogP contribution in [0.3, 0.4) is 0 Å². The predicted molar refractivity (Wildman–Crippen MR) is 84.7 cm³/mol. The number of nitrogens with one attached hydrogen (secondary N) is 1. The van der Waals surface area contributed by atoms with Crippen molar-refractivity contribution in [1.82, 2.24) is 10.2 Å². The molecule has 1 atom stereocenters. The third-order valence-electron chi connectivity index (χ3n) is 3.50. The Morgan fingerprint density at radius 2 is 1.95 bits per heavy atom. The van der Waals surface area contributed by atoms with Gasteiger partial charge in [0.05, 0.1) is 0 Å². The predicted octanol–water partition coefficient (Wildman–Crippen LogP) is 1.28. The van der Waals surface area contributed by atoms with Crippen molar-refractivity contribution in [2.24, 2.45) is 11.7 Å². The molecule has 116 valence electrons. The highest BCUT2D eigenvalue weighted by molar-refractivity contribution is 5.99. The van der Waals surface area contributed by atoms with Crippen LogP contribution in [0.15, 0.2) is 24.3 Å². The molecule has 1 aliphatic rings. The van der Waals surface area contributed by atoms with Gasteiger partial charge in [0, 0.05) is 37.8 Å². The van der Waals surface area contributed by atoms with Gasteiger partial charge in [0.1, 0.15) is 0 Å². The van der Waals surface area contributed by atoms with E-state index < -0.39 is 0 Å². The minimum absolute atomic E-state index is 0. The Morgan fingerprint density at radius 1 is 1.33 bits per heavy atom. The fourth-order valence-corrected chi connectivity index (χ4v) is 2.06. The van der Waals surface area contributed by atoms with Crippen molar-refractivity contribution in [3.63, 3.8) is 0 Å². The lowest BCUT2D eigenvalue weighted by atomic mass is 10.1. The number of rotatable bonds is 5. The first-order valence-corrected chi connectivity index (χ1v) is 6.84. The second-order valence-electron chi connectivity index (χ2n) is 5.49. The van der Waals surface area contributed by atoms with Gasteiger partial charge in [0.15, 0.2) is 0 Å². The van der Waals surface area contributed by atoms with E-state index in [0.717, 1.165) is 12.8 Å². The Balaban J connectivity index is 0.00000220. The monoisotopic (exact) mass is 311 g/mol. The van der Waals surface area contributed by atoms with Gasteiger partial charge in [-0.15, -0.1) is 12.4 Å². The van der Waals surface area contributed by atoms with Gasteiger partial charge in [-0.1, -0.05) is 6.07 Å². The molecule has 21 heavy (non-hydrogen) atoms. The van der Waals surface area contributed by atoms with Crippen LogP contribution in [-0.2, 0) is 0 Å². The molecule has 0 saturated heterocycles. The topological polar surface area (TPSA) is 75.4 Å². The number of carbonyl (C=O) groups is 2. The first-order valence-electron chi connectivity index (χ1n) is 6.84. The van der Waals surface area contributed by atoms with Gasteiger partial charge in [0.25, 0.3) is 11.8 Å². The Kier molecular flexibility index (Phi) is 6.18. The van der Waals surface area contributed by atoms with Gasteiger partial charge in [-0.05, 0) is 37.0 Å². The summed E-state index contributed by atoms with van der Waals surface area (Å²) in [5, 5.41) is 2.83. The third kappa shape index (κ3) is 4.72. The number of carbonyl (C=O) groups excluding carboxylic acids is 2. The third-order valence-corrected chi connectivity index (χ3v) is 3.50. The van der Waals surface area contributed by atoms with Gasteiger partial charge in [0.2, 0.25) is 0 Å². The summed E-state index contributed by atoms with van der Waals surface area (Å²) in [4.78, 5) is 25.4. The van der Waals surface area contributed by atoms with E-state index in [1.165, 1.54) is 4.90 Å². The molecule has 0 radical (unpaired) electrons. The molecular formula is C15H22ClN3O2. The maximum Gasteiger partial charge on any atom is 0.253 e. The summed E-state index contributed by atoms with van der Waals surface area (Å²) < 4.78 is 0. The summed E-state index contributed by atoms with van der Waals surface area (Å²) >= 11 is 0. The van der Waals surface area contributed by atoms with Gasteiger partial charge in [-0.25, -0.2) is 0 Å². The van der Waals surface area contributed by atoms with Crippen LogP contribution >= 0.6 is 12.4 Å². The molecule has 0 aliphatic heterocycles. The summed E-state index contributed by atoms with van der Waals surface area (Å²) in [6, 6.07) is 6.76. The maximum atomic E-state index is 12.0. The Hall–Kier alpha value is -1.59. The molecule has 1 unspecified atom stereocenters. The number of hydrogen-bond acceptors (Lipinski definition) is 3. The summed E-state index contributed by atoms with van der Waals surface area (Å²) in [5.74, 6) is 0.251. The van der Waals surface area contributed by atoms with Crippen LogP contribution in [0, 0.1) is 5.92 Å². The van der Waals surface area contributed by atoms with E-state index >= 15 is 0 Å². The van der Waals surface area contributed by atoms with Crippen LogP contribution in [-0.4, -0.2) is 43.4 Å². The minimum Gasteiger partial charge on any atom is -0.350 e. The number of amides is 2. The zero-order valence-corrected chi connectivity index (χ0v) is 13.2. The normalized spacial score (nSPS) is 14.8. The van der Waals surface area contributed by atoms with Gasteiger partial charge < -0.3 is 16.0 Å². The zero-order chi connectivity index (χ0) is 14.7. The second-order valence-corrected chi connectivity index (χ2v) is 5.49. The van der Waals surface area contributed by atoms with Gasteiger partial charge in [-0.3, -0.25) is 9.59 Å². The van der Waals surface area contributed by atoms with E-state index in [-0.39, 0.29) is 30.3 Å². The van der Waals surface area contributed by atoms with E-state index in [1.807, 2.05) is 0 Å².